The van der Waals surface area contributed by atoms with E-state index in [-0.39, 0.29) is 11.7 Å². The van der Waals surface area contributed by atoms with Gasteiger partial charge in [-0.3, -0.25) is 9.48 Å². The van der Waals surface area contributed by atoms with Crippen molar-refractivity contribution in [1.29, 1.82) is 0 Å². The lowest BCUT2D eigenvalue weighted by Crippen LogP contribution is -2.32. The van der Waals surface area contributed by atoms with Crippen LogP contribution >= 0.6 is 0 Å². The first-order chi connectivity index (χ1) is 11.2. The van der Waals surface area contributed by atoms with Gasteiger partial charge in [-0.1, -0.05) is 5.16 Å². The molecule has 1 aliphatic rings. The lowest BCUT2D eigenvalue weighted by molar-refractivity contribution is -0.141. The second-order valence-electron chi connectivity index (χ2n) is 5.93. The summed E-state index contributed by atoms with van der Waals surface area (Å²) in [7, 11) is 1.34. The molecule has 0 unspecified atom stereocenters. The van der Waals surface area contributed by atoms with E-state index in [4.69, 9.17) is 4.52 Å². The molecule has 1 aliphatic heterocycles. The Morgan fingerprint density at radius 1 is 1.38 bits per heavy atom. The van der Waals surface area contributed by atoms with E-state index in [0.717, 1.165) is 29.2 Å². The highest BCUT2D eigenvalue weighted by Crippen LogP contribution is 2.37. The number of carbonyl (C=O) groups excluding carboxylic acids is 1. The molecular weight excluding hydrogens is 325 g/mol. The van der Waals surface area contributed by atoms with Crippen molar-refractivity contribution in [3.05, 3.63) is 34.5 Å². The Kier molecular flexibility index (Phi) is 3.89. The van der Waals surface area contributed by atoms with Gasteiger partial charge >= 0.3 is 6.18 Å². The van der Waals surface area contributed by atoms with Gasteiger partial charge in [-0.15, -0.1) is 0 Å². The largest absolute Gasteiger partial charge is 0.435 e. The van der Waals surface area contributed by atoms with Crippen molar-refractivity contribution in [3.63, 3.8) is 0 Å². The third kappa shape index (κ3) is 2.67. The molecule has 0 bridgehead atoms. The number of aromatic nitrogens is 3. The molecule has 1 atom stereocenters. The van der Waals surface area contributed by atoms with Crippen LogP contribution in [0.3, 0.4) is 0 Å². The minimum absolute atomic E-state index is 0.0824. The summed E-state index contributed by atoms with van der Waals surface area (Å²) >= 11 is 0. The molecule has 1 saturated heterocycles. The predicted molar refractivity (Wildman–Crippen MR) is 77.2 cm³/mol. The van der Waals surface area contributed by atoms with Crippen LogP contribution in [0.25, 0.3) is 0 Å². The summed E-state index contributed by atoms with van der Waals surface area (Å²) in [5.74, 6) is 0.154. The van der Waals surface area contributed by atoms with Crippen molar-refractivity contribution in [3.8, 4) is 0 Å². The van der Waals surface area contributed by atoms with Crippen LogP contribution in [0.4, 0.5) is 13.2 Å². The summed E-state index contributed by atoms with van der Waals surface area (Å²) in [6.07, 6.45) is -3.09. The van der Waals surface area contributed by atoms with Gasteiger partial charge in [0, 0.05) is 25.2 Å². The average molecular weight is 342 g/mol. The fourth-order valence-electron chi connectivity index (χ4n) is 3.23. The first-order valence-corrected chi connectivity index (χ1v) is 7.55. The van der Waals surface area contributed by atoms with Gasteiger partial charge in [0.15, 0.2) is 5.69 Å². The third-order valence-electron chi connectivity index (χ3n) is 4.32. The number of aryl methyl sites for hydroxylation is 3. The van der Waals surface area contributed by atoms with E-state index < -0.39 is 17.8 Å². The maximum Gasteiger partial charge on any atom is 0.435 e. The molecule has 0 saturated carbocycles. The van der Waals surface area contributed by atoms with Crippen molar-refractivity contribution in [2.24, 2.45) is 7.05 Å². The number of likely N-dealkylation sites (tertiary alicyclic amines) is 1. The van der Waals surface area contributed by atoms with E-state index in [1.54, 1.807) is 18.7 Å². The van der Waals surface area contributed by atoms with Crippen molar-refractivity contribution >= 4 is 5.91 Å². The molecule has 3 rings (SSSR count). The summed E-state index contributed by atoms with van der Waals surface area (Å²) in [6, 6.07) is 0.554. The molecule has 130 valence electrons. The number of hydrogen-bond donors (Lipinski definition) is 0. The molecule has 9 heteroatoms. The summed E-state index contributed by atoms with van der Waals surface area (Å²) in [4.78, 5) is 14.4. The number of amides is 1. The third-order valence-corrected chi connectivity index (χ3v) is 4.32. The predicted octanol–water partition coefficient (Wildman–Crippen LogP) is 3.02. The summed E-state index contributed by atoms with van der Waals surface area (Å²) in [6.45, 7) is 4.03. The van der Waals surface area contributed by atoms with Gasteiger partial charge in [0.2, 0.25) is 0 Å². The summed E-state index contributed by atoms with van der Waals surface area (Å²) in [5.41, 5.74) is 0.375. The van der Waals surface area contributed by atoms with Crippen LogP contribution in [0.1, 0.15) is 52.1 Å². The van der Waals surface area contributed by atoms with Crippen molar-refractivity contribution in [2.45, 2.75) is 38.9 Å². The maximum atomic E-state index is 12.8. The molecule has 2 aromatic heterocycles. The quantitative estimate of drug-likeness (QED) is 0.841. The van der Waals surface area contributed by atoms with E-state index in [0.29, 0.717) is 18.0 Å². The SMILES string of the molecule is Cc1noc(C)c1[C@@H]1CCCN1C(=O)c1cc(C(F)(F)F)nn1C. The molecule has 0 radical (unpaired) electrons. The zero-order valence-electron chi connectivity index (χ0n) is 13.5. The first kappa shape index (κ1) is 16.5. The zero-order chi connectivity index (χ0) is 17.6. The van der Waals surface area contributed by atoms with Gasteiger partial charge in [-0.05, 0) is 26.7 Å². The van der Waals surface area contributed by atoms with E-state index in [1.165, 1.54) is 7.05 Å². The fraction of sp³-hybridized carbons (Fsp3) is 0.533. The van der Waals surface area contributed by atoms with E-state index in [2.05, 4.69) is 10.3 Å². The molecule has 2 aromatic rings. The molecule has 24 heavy (non-hydrogen) atoms. The molecule has 3 heterocycles. The molecule has 0 aromatic carbocycles. The van der Waals surface area contributed by atoms with E-state index in [9.17, 15) is 18.0 Å². The highest BCUT2D eigenvalue weighted by molar-refractivity contribution is 5.93. The Labute approximate surface area is 136 Å². The topological polar surface area (TPSA) is 64.2 Å². The second-order valence-corrected chi connectivity index (χ2v) is 5.93. The van der Waals surface area contributed by atoms with E-state index >= 15 is 0 Å². The minimum Gasteiger partial charge on any atom is -0.361 e. The second kappa shape index (κ2) is 5.64. The fourth-order valence-corrected chi connectivity index (χ4v) is 3.23. The van der Waals surface area contributed by atoms with Crippen LogP contribution in [0.5, 0.6) is 0 Å². The molecular formula is C15H17F3N4O2. The number of carbonyl (C=O) groups is 1. The molecule has 6 nitrogen and oxygen atoms in total. The van der Waals surface area contributed by atoms with Crippen LogP contribution in [0, 0.1) is 13.8 Å². The van der Waals surface area contributed by atoms with Gasteiger partial charge in [0.25, 0.3) is 5.91 Å². The molecule has 0 aliphatic carbocycles. The number of rotatable bonds is 2. The normalized spacial score (nSPS) is 18.4. The molecule has 0 N–H and O–H groups in total. The van der Waals surface area contributed by atoms with Crippen molar-refractivity contribution in [2.75, 3.05) is 6.54 Å². The van der Waals surface area contributed by atoms with Crippen LogP contribution < -0.4 is 0 Å². The standard InChI is InChI=1S/C15H17F3N4O2/c1-8-13(9(2)24-20-8)10-5-4-6-22(10)14(23)11-7-12(15(16,17)18)19-21(11)3/h7,10H,4-6H2,1-3H3/t10-/m0/s1. The van der Waals surface area contributed by atoms with Gasteiger partial charge in [0.1, 0.15) is 11.5 Å². The van der Waals surface area contributed by atoms with Crippen molar-refractivity contribution in [1.82, 2.24) is 19.8 Å². The van der Waals surface area contributed by atoms with Crippen molar-refractivity contribution < 1.29 is 22.5 Å². The average Bonchev–Trinajstić information content (AvgIpc) is 3.17. The Morgan fingerprint density at radius 2 is 2.08 bits per heavy atom. The highest BCUT2D eigenvalue weighted by Gasteiger charge is 2.39. The number of nitrogens with zero attached hydrogens (tertiary/aromatic N) is 4. The molecule has 0 spiro atoms. The van der Waals surface area contributed by atoms with Gasteiger partial charge in [-0.2, -0.15) is 18.3 Å². The van der Waals surface area contributed by atoms with Gasteiger partial charge in [-0.25, -0.2) is 0 Å². The number of halogens is 3. The number of hydrogen-bond acceptors (Lipinski definition) is 4. The lowest BCUT2D eigenvalue weighted by atomic mass is 10.0. The Hall–Kier alpha value is -2.32. The highest BCUT2D eigenvalue weighted by atomic mass is 19.4. The van der Waals surface area contributed by atoms with Gasteiger partial charge in [0.05, 0.1) is 11.7 Å². The Morgan fingerprint density at radius 3 is 2.62 bits per heavy atom. The summed E-state index contributed by atoms with van der Waals surface area (Å²) < 4.78 is 44.6. The van der Waals surface area contributed by atoms with Gasteiger partial charge < -0.3 is 9.42 Å². The van der Waals surface area contributed by atoms with Crippen LogP contribution in [-0.4, -0.2) is 32.3 Å². The van der Waals surface area contributed by atoms with Crippen LogP contribution in [-0.2, 0) is 13.2 Å². The van der Waals surface area contributed by atoms with E-state index in [1.807, 2.05) is 0 Å². The molecule has 1 amide bonds. The maximum absolute atomic E-state index is 12.8. The lowest BCUT2D eigenvalue weighted by Gasteiger charge is -2.24. The monoisotopic (exact) mass is 342 g/mol. The zero-order valence-corrected chi connectivity index (χ0v) is 13.5. The molecule has 1 fully saturated rings. The Balaban J connectivity index is 1.94. The summed E-state index contributed by atoms with van der Waals surface area (Å²) in [5, 5.41) is 7.31. The van der Waals surface area contributed by atoms with Crippen LogP contribution in [0.15, 0.2) is 10.6 Å². The van der Waals surface area contributed by atoms with Crippen LogP contribution in [0.2, 0.25) is 0 Å². The Bertz CT molecular complexity index is 759. The smallest absolute Gasteiger partial charge is 0.361 e. The first-order valence-electron chi connectivity index (χ1n) is 7.55. The minimum atomic E-state index is -4.58. The number of alkyl halides is 3.